The summed E-state index contributed by atoms with van der Waals surface area (Å²) in [7, 11) is 1.70. The molecule has 2 N–H and O–H groups in total. The van der Waals surface area contributed by atoms with Gasteiger partial charge in [-0.3, -0.25) is 4.99 Å². The van der Waals surface area contributed by atoms with Crippen molar-refractivity contribution in [3.8, 4) is 5.75 Å². The SMILES string of the molecule is CCNC(=NCCc1ccccc1OC)NCCn1ccnc1. The number of ether oxygens (including phenoxy) is 1. The molecular formula is C17H25N5O. The van der Waals surface area contributed by atoms with Gasteiger partial charge in [-0.05, 0) is 25.0 Å². The highest BCUT2D eigenvalue weighted by Crippen LogP contribution is 2.17. The first-order valence-electron chi connectivity index (χ1n) is 7.93. The van der Waals surface area contributed by atoms with Gasteiger partial charge in [0.1, 0.15) is 5.75 Å². The van der Waals surface area contributed by atoms with Gasteiger partial charge in [0, 0.05) is 38.6 Å². The van der Waals surface area contributed by atoms with Crippen LogP contribution in [0.4, 0.5) is 0 Å². The molecule has 6 nitrogen and oxygen atoms in total. The van der Waals surface area contributed by atoms with Crippen molar-refractivity contribution in [2.45, 2.75) is 19.9 Å². The van der Waals surface area contributed by atoms with Crippen molar-refractivity contribution in [3.63, 3.8) is 0 Å². The Balaban J connectivity index is 1.83. The minimum absolute atomic E-state index is 0.709. The molecular weight excluding hydrogens is 290 g/mol. The van der Waals surface area contributed by atoms with Crippen LogP contribution in [-0.2, 0) is 13.0 Å². The summed E-state index contributed by atoms with van der Waals surface area (Å²) in [4.78, 5) is 8.65. The van der Waals surface area contributed by atoms with E-state index in [0.717, 1.165) is 37.8 Å². The Morgan fingerprint density at radius 3 is 2.91 bits per heavy atom. The Kier molecular flexibility index (Phi) is 6.97. The number of para-hydroxylation sites is 1. The fourth-order valence-corrected chi connectivity index (χ4v) is 2.26. The quantitative estimate of drug-likeness (QED) is 0.575. The lowest BCUT2D eigenvalue weighted by Crippen LogP contribution is -2.39. The Hall–Kier alpha value is -2.50. The van der Waals surface area contributed by atoms with Crippen LogP contribution >= 0.6 is 0 Å². The zero-order valence-corrected chi connectivity index (χ0v) is 13.8. The van der Waals surface area contributed by atoms with Crippen LogP contribution in [0.2, 0.25) is 0 Å². The molecule has 1 heterocycles. The van der Waals surface area contributed by atoms with Gasteiger partial charge < -0.3 is 19.9 Å². The van der Waals surface area contributed by atoms with Crippen molar-refractivity contribution >= 4 is 5.96 Å². The van der Waals surface area contributed by atoms with Crippen LogP contribution in [0.25, 0.3) is 0 Å². The standard InChI is InChI=1S/C17H25N5O/c1-3-19-17(21-11-13-22-12-10-18-14-22)20-9-8-15-6-4-5-7-16(15)23-2/h4-7,10,12,14H,3,8-9,11,13H2,1-2H3,(H2,19,20,21). The van der Waals surface area contributed by atoms with Crippen LogP contribution < -0.4 is 15.4 Å². The minimum atomic E-state index is 0.709. The van der Waals surface area contributed by atoms with E-state index in [9.17, 15) is 0 Å². The monoisotopic (exact) mass is 315 g/mol. The zero-order chi connectivity index (χ0) is 16.3. The van der Waals surface area contributed by atoms with E-state index in [-0.39, 0.29) is 0 Å². The first kappa shape index (κ1) is 16.9. The molecule has 0 spiro atoms. The molecule has 0 unspecified atom stereocenters. The van der Waals surface area contributed by atoms with Crippen LogP contribution in [-0.4, -0.2) is 42.3 Å². The number of guanidine groups is 1. The first-order chi connectivity index (χ1) is 11.3. The topological polar surface area (TPSA) is 63.5 Å². The summed E-state index contributed by atoms with van der Waals surface area (Å²) in [5, 5.41) is 6.59. The van der Waals surface area contributed by atoms with E-state index >= 15 is 0 Å². The lowest BCUT2D eigenvalue weighted by Gasteiger charge is -2.12. The van der Waals surface area contributed by atoms with E-state index in [1.54, 1.807) is 13.3 Å². The summed E-state index contributed by atoms with van der Waals surface area (Å²) in [6.07, 6.45) is 6.40. The number of hydrogen-bond donors (Lipinski definition) is 2. The van der Waals surface area contributed by atoms with Gasteiger partial charge in [0.2, 0.25) is 0 Å². The number of nitrogens with one attached hydrogen (secondary N) is 2. The molecule has 0 amide bonds. The first-order valence-corrected chi connectivity index (χ1v) is 7.93. The average Bonchev–Trinajstić information content (AvgIpc) is 3.08. The second-order valence-electron chi connectivity index (χ2n) is 5.05. The van der Waals surface area contributed by atoms with Crippen molar-refractivity contribution in [1.29, 1.82) is 0 Å². The number of methoxy groups -OCH3 is 1. The molecule has 2 rings (SSSR count). The number of aromatic nitrogens is 2. The minimum Gasteiger partial charge on any atom is -0.496 e. The van der Waals surface area contributed by atoms with E-state index in [1.165, 1.54) is 5.56 Å². The second-order valence-corrected chi connectivity index (χ2v) is 5.05. The molecule has 0 saturated carbocycles. The normalized spacial score (nSPS) is 11.3. The maximum absolute atomic E-state index is 5.37. The molecule has 0 aliphatic carbocycles. The predicted molar refractivity (Wildman–Crippen MR) is 92.9 cm³/mol. The number of imidazole rings is 1. The summed E-state index contributed by atoms with van der Waals surface area (Å²) in [6.45, 7) is 5.27. The third-order valence-electron chi connectivity index (χ3n) is 3.41. The number of nitrogens with zero attached hydrogens (tertiary/aromatic N) is 3. The molecule has 0 aliphatic rings. The van der Waals surface area contributed by atoms with E-state index in [0.29, 0.717) is 6.54 Å². The number of hydrogen-bond acceptors (Lipinski definition) is 3. The van der Waals surface area contributed by atoms with E-state index in [1.807, 2.05) is 35.3 Å². The smallest absolute Gasteiger partial charge is 0.191 e. The lowest BCUT2D eigenvalue weighted by molar-refractivity contribution is 0.410. The highest BCUT2D eigenvalue weighted by Gasteiger charge is 2.02. The molecule has 0 saturated heterocycles. The predicted octanol–water partition coefficient (Wildman–Crippen LogP) is 1.69. The van der Waals surface area contributed by atoms with Crippen molar-refractivity contribution < 1.29 is 4.74 Å². The van der Waals surface area contributed by atoms with Gasteiger partial charge in [0.05, 0.1) is 13.4 Å². The van der Waals surface area contributed by atoms with E-state index in [4.69, 9.17) is 4.74 Å². The van der Waals surface area contributed by atoms with Gasteiger partial charge in [0.15, 0.2) is 5.96 Å². The van der Waals surface area contributed by atoms with Gasteiger partial charge in [-0.1, -0.05) is 18.2 Å². The third-order valence-corrected chi connectivity index (χ3v) is 3.41. The Morgan fingerprint density at radius 2 is 2.17 bits per heavy atom. The molecule has 1 aromatic carbocycles. The van der Waals surface area contributed by atoms with E-state index in [2.05, 4.69) is 33.6 Å². The molecule has 0 bridgehead atoms. The lowest BCUT2D eigenvalue weighted by atomic mass is 10.1. The van der Waals surface area contributed by atoms with Crippen molar-refractivity contribution in [1.82, 2.24) is 20.2 Å². The third kappa shape index (κ3) is 5.65. The van der Waals surface area contributed by atoms with Crippen LogP contribution in [0.1, 0.15) is 12.5 Å². The molecule has 6 heteroatoms. The van der Waals surface area contributed by atoms with Gasteiger partial charge >= 0.3 is 0 Å². The maximum atomic E-state index is 5.37. The van der Waals surface area contributed by atoms with Crippen molar-refractivity contribution in [3.05, 3.63) is 48.5 Å². The second kappa shape index (κ2) is 9.50. The van der Waals surface area contributed by atoms with Crippen LogP contribution in [0.3, 0.4) is 0 Å². The zero-order valence-electron chi connectivity index (χ0n) is 13.8. The summed E-state index contributed by atoms with van der Waals surface area (Å²) in [6, 6.07) is 8.06. The summed E-state index contributed by atoms with van der Waals surface area (Å²) >= 11 is 0. The summed E-state index contributed by atoms with van der Waals surface area (Å²) in [5.41, 5.74) is 1.17. The molecule has 124 valence electrons. The summed E-state index contributed by atoms with van der Waals surface area (Å²) < 4.78 is 7.40. The Labute approximate surface area is 137 Å². The molecule has 23 heavy (non-hydrogen) atoms. The summed E-state index contributed by atoms with van der Waals surface area (Å²) in [5.74, 6) is 1.75. The molecule has 0 fully saturated rings. The van der Waals surface area contributed by atoms with E-state index < -0.39 is 0 Å². The molecule has 0 radical (unpaired) electrons. The fraction of sp³-hybridized carbons (Fsp3) is 0.412. The van der Waals surface area contributed by atoms with Gasteiger partial charge in [-0.25, -0.2) is 4.98 Å². The molecule has 0 atom stereocenters. The average molecular weight is 315 g/mol. The van der Waals surface area contributed by atoms with Crippen molar-refractivity contribution in [2.75, 3.05) is 26.7 Å². The highest BCUT2D eigenvalue weighted by atomic mass is 16.5. The Bertz CT molecular complexity index is 595. The van der Waals surface area contributed by atoms with Crippen LogP contribution in [0.15, 0.2) is 48.0 Å². The largest absolute Gasteiger partial charge is 0.496 e. The number of rotatable bonds is 8. The molecule has 1 aromatic heterocycles. The number of benzene rings is 1. The Morgan fingerprint density at radius 1 is 1.30 bits per heavy atom. The molecule has 0 aliphatic heterocycles. The van der Waals surface area contributed by atoms with Crippen LogP contribution in [0.5, 0.6) is 5.75 Å². The van der Waals surface area contributed by atoms with Crippen LogP contribution in [0, 0.1) is 0 Å². The van der Waals surface area contributed by atoms with Gasteiger partial charge in [0.25, 0.3) is 0 Å². The van der Waals surface area contributed by atoms with Gasteiger partial charge in [-0.15, -0.1) is 0 Å². The van der Waals surface area contributed by atoms with Crippen molar-refractivity contribution in [2.24, 2.45) is 4.99 Å². The number of aliphatic imine (C=N–C) groups is 1. The maximum Gasteiger partial charge on any atom is 0.191 e. The molecule has 2 aromatic rings. The highest BCUT2D eigenvalue weighted by molar-refractivity contribution is 5.79. The fourth-order valence-electron chi connectivity index (χ4n) is 2.26. The van der Waals surface area contributed by atoms with Gasteiger partial charge in [-0.2, -0.15) is 0 Å².